The molecule has 1 N–H and O–H groups in total. The van der Waals surface area contributed by atoms with Crippen molar-refractivity contribution in [3.63, 3.8) is 0 Å². The Morgan fingerprint density at radius 1 is 1.13 bits per heavy atom. The van der Waals surface area contributed by atoms with Gasteiger partial charge in [-0.2, -0.15) is 8.76 Å². The van der Waals surface area contributed by atoms with E-state index in [4.69, 9.17) is 0 Å². The molecule has 2 aromatic rings. The Bertz CT molecular complexity index is 791. The van der Waals surface area contributed by atoms with Crippen LogP contribution in [0.5, 0.6) is 0 Å². The first-order valence-corrected chi connectivity index (χ1v) is 8.35. The van der Waals surface area contributed by atoms with Crippen LogP contribution in [0.3, 0.4) is 0 Å². The number of nitrogens with one attached hydrogen (secondary N) is 1. The number of aromatic nitrogens is 4. The number of fused-ring (bicyclic) bond motifs is 1. The minimum atomic E-state index is -0.800. The maximum absolute atomic E-state index is 13.4. The number of rotatable bonds is 2. The molecule has 4 heterocycles. The van der Waals surface area contributed by atoms with Crippen LogP contribution in [0.1, 0.15) is 11.5 Å². The third kappa shape index (κ3) is 2.48. The van der Waals surface area contributed by atoms with Gasteiger partial charge < -0.3 is 9.80 Å². The summed E-state index contributed by atoms with van der Waals surface area (Å²) in [5.74, 6) is 1.48. The maximum Gasteiger partial charge on any atom is 0.288 e. The number of aromatic amines is 1. The molecule has 0 bridgehead atoms. The first-order chi connectivity index (χ1) is 11.0. The van der Waals surface area contributed by atoms with Crippen LogP contribution in [0.2, 0.25) is 0 Å². The first-order valence-electron chi connectivity index (χ1n) is 7.58. The summed E-state index contributed by atoms with van der Waals surface area (Å²) in [5, 5.41) is 0.979. The smallest absolute Gasteiger partial charge is 0.288 e. The van der Waals surface area contributed by atoms with Crippen molar-refractivity contribution in [3.05, 3.63) is 27.7 Å². The second-order valence-corrected chi connectivity index (χ2v) is 6.97. The van der Waals surface area contributed by atoms with Crippen molar-refractivity contribution in [3.8, 4) is 0 Å². The van der Waals surface area contributed by atoms with E-state index in [9.17, 15) is 9.18 Å². The molecule has 2 aliphatic rings. The molecule has 2 fully saturated rings. The Kier molecular flexibility index (Phi) is 3.33. The monoisotopic (exact) mass is 336 g/mol. The molecule has 2 unspecified atom stereocenters. The van der Waals surface area contributed by atoms with Gasteiger partial charge in [0.05, 0.1) is 5.69 Å². The van der Waals surface area contributed by atoms with Crippen molar-refractivity contribution in [1.29, 1.82) is 0 Å². The van der Waals surface area contributed by atoms with Gasteiger partial charge in [-0.3, -0.25) is 9.78 Å². The molecule has 0 radical (unpaired) electrons. The minimum absolute atomic E-state index is 0.145. The molecule has 2 aliphatic heterocycles. The van der Waals surface area contributed by atoms with Crippen LogP contribution in [-0.4, -0.2) is 45.5 Å². The van der Waals surface area contributed by atoms with Gasteiger partial charge in [-0.25, -0.2) is 9.97 Å². The van der Waals surface area contributed by atoms with Crippen molar-refractivity contribution in [2.45, 2.75) is 13.8 Å². The van der Waals surface area contributed by atoms with Crippen molar-refractivity contribution in [2.75, 3.05) is 36.0 Å². The number of H-pyrrole nitrogens is 1. The molecule has 23 heavy (non-hydrogen) atoms. The van der Waals surface area contributed by atoms with E-state index in [0.29, 0.717) is 17.8 Å². The van der Waals surface area contributed by atoms with Crippen LogP contribution in [0.4, 0.5) is 15.5 Å². The molecule has 2 saturated heterocycles. The topological polar surface area (TPSA) is 78.0 Å². The Balaban J connectivity index is 1.49. The second-order valence-electron chi connectivity index (χ2n) is 6.24. The van der Waals surface area contributed by atoms with Crippen LogP contribution in [0, 0.1) is 31.5 Å². The van der Waals surface area contributed by atoms with Gasteiger partial charge in [0.15, 0.2) is 0 Å². The summed E-state index contributed by atoms with van der Waals surface area (Å²) in [4.78, 5) is 27.1. The van der Waals surface area contributed by atoms with Gasteiger partial charge in [-0.05, 0) is 13.8 Å². The molecule has 0 spiro atoms. The SMILES string of the molecule is Cc1nsc(N2CC3CN(c4nc(C)c(F)c(=O)[nH]4)CC3C2)n1. The van der Waals surface area contributed by atoms with Gasteiger partial charge in [-0.1, -0.05) is 0 Å². The molecule has 4 rings (SSSR count). The number of anilines is 2. The first kappa shape index (κ1) is 14.6. The van der Waals surface area contributed by atoms with Gasteiger partial charge in [0.2, 0.25) is 16.9 Å². The zero-order valence-electron chi connectivity index (χ0n) is 12.9. The molecule has 2 aromatic heterocycles. The van der Waals surface area contributed by atoms with E-state index in [-0.39, 0.29) is 5.69 Å². The molecule has 0 aliphatic carbocycles. The number of nitrogens with zero attached hydrogens (tertiary/aromatic N) is 5. The highest BCUT2D eigenvalue weighted by Gasteiger charge is 2.41. The Labute approximate surface area is 136 Å². The van der Waals surface area contributed by atoms with E-state index < -0.39 is 11.4 Å². The lowest BCUT2D eigenvalue weighted by Gasteiger charge is -2.21. The summed E-state index contributed by atoms with van der Waals surface area (Å²) in [6.07, 6.45) is 0. The van der Waals surface area contributed by atoms with Gasteiger partial charge in [0.25, 0.3) is 5.56 Å². The molecular formula is C14H17FN6OS. The van der Waals surface area contributed by atoms with Gasteiger partial charge >= 0.3 is 0 Å². The van der Waals surface area contributed by atoms with Crippen molar-refractivity contribution in [2.24, 2.45) is 11.8 Å². The van der Waals surface area contributed by atoms with Crippen LogP contribution < -0.4 is 15.4 Å². The fraction of sp³-hybridized carbons (Fsp3) is 0.571. The summed E-state index contributed by atoms with van der Waals surface area (Å²) in [5.41, 5.74) is -0.553. The third-order valence-electron chi connectivity index (χ3n) is 4.59. The van der Waals surface area contributed by atoms with E-state index in [2.05, 4.69) is 24.2 Å². The van der Waals surface area contributed by atoms with E-state index in [1.165, 1.54) is 18.5 Å². The number of hydrogen-bond donors (Lipinski definition) is 1. The Morgan fingerprint density at radius 3 is 2.35 bits per heavy atom. The molecular weight excluding hydrogens is 319 g/mol. The third-order valence-corrected chi connectivity index (χ3v) is 5.46. The van der Waals surface area contributed by atoms with Crippen LogP contribution in [0.25, 0.3) is 0 Å². The van der Waals surface area contributed by atoms with Gasteiger partial charge in [-0.15, -0.1) is 0 Å². The predicted molar refractivity (Wildman–Crippen MR) is 85.6 cm³/mol. The fourth-order valence-corrected chi connectivity index (χ4v) is 4.14. The Hall–Kier alpha value is -2.03. The average molecular weight is 336 g/mol. The summed E-state index contributed by atoms with van der Waals surface area (Å²) in [6, 6.07) is 0. The Morgan fingerprint density at radius 2 is 1.78 bits per heavy atom. The summed E-state index contributed by atoms with van der Waals surface area (Å²) >= 11 is 1.44. The number of hydrogen-bond acceptors (Lipinski definition) is 7. The van der Waals surface area contributed by atoms with E-state index in [0.717, 1.165) is 37.1 Å². The molecule has 0 saturated carbocycles. The minimum Gasteiger partial charge on any atom is -0.346 e. The maximum atomic E-state index is 13.4. The van der Waals surface area contributed by atoms with Gasteiger partial charge in [0.1, 0.15) is 5.82 Å². The van der Waals surface area contributed by atoms with Crippen molar-refractivity contribution >= 4 is 22.6 Å². The fourth-order valence-electron chi connectivity index (χ4n) is 3.44. The lowest BCUT2D eigenvalue weighted by atomic mass is 10.0. The van der Waals surface area contributed by atoms with E-state index >= 15 is 0 Å². The van der Waals surface area contributed by atoms with E-state index in [1.54, 1.807) is 0 Å². The quantitative estimate of drug-likeness (QED) is 0.880. The zero-order valence-corrected chi connectivity index (χ0v) is 13.7. The lowest BCUT2D eigenvalue weighted by molar-refractivity contribution is 0.533. The largest absolute Gasteiger partial charge is 0.346 e. The highest BCUT2D eigenvalue weighted by Crippen LogP contribution is 2.35. The zero-order chi connectivity index (χ0) is 16.1. The lowest BCUT2D eigenvalue weighted by Crippen LogP contribution is -2.31. The number of aryl methyl sites for hydroxylation is 2. The summed E-state index contributed by atoms with van der Waals surface area (Å²) in [7, 11) is 0. The van der Waals surface area contributed by atoms with Crippen molar-refractivity contribution in [1.82, 2.24) is 19.3 Å². The van der Waals surface area contributed by atoms with Crippen LogP contribution in [0.15, 0.2) is 4.79 Å². The predicted octanol–water partition coefficient (Wildman–Crippen LogP) is 0.950. The summed E-state index contributed by atoms with van der Waals surface area (Å²) in [6.45, 7) is 6.91. The van der Waals surface area contributed by atoms with Gasteiger partial charge in [0, 0.05) is 49.5 Å². The summed E-state index contributed by atoms with van der Waals surface area (Å²) < 4.78 is 17.7. The molecule has 2 atom stereocenters. The van der Waals surface area contributed by atoms with Crippen LogP contribution >= 0.6 is 11.5 Å². The molecule has 0 amide bonds. The average Bonchev–Trinajstić information content (AvgIpc) is 3.17. The van der Waals surface area contributed by atoms with Crippen molar-refractivity contribution < 1.29 is 4.39 Å². The molecule has 7 nitrogen and oxygen atoms in total. The molecule has 122 valence electrons. The standard InChI is InChI=1S/C14H17FN6OS/c1-7-11(15)12(22)18-13(16-7)20-3-9-5-21(6-10(9)4-20)14-17-8(2)19-23-14/h9-10H,3-6H2,1-2H3,(H,16,18,22). The molecule has 9 heteroatoms. The highest BCUT2D eigenvalue weighted by molar-refractivity contribution is 7.09. The second kappa shape index (κ2) is 5.26. The highest BCUT2D eigenvalue weighted by atomic mass is 32.1. The molecule has 0 aromatic carbocycles. The van der Waals surface area contributed by atoms with Crippen LogP contribution in [-0.2, 0) is 0 Å². The number of halogens is 1. The van der Waals surface area contributed by atoms with E-state index in [1.807, 2.05) is 11.8 Å². The normalized spacial score (nSPS) is 23.6.